The van der Waals surface area contributed by atoms with E-state index in [1.165, 1.54) is 22.0 Å². The number of anilines is 1. The number of fused-ring (bicyclic) bond motifs is 3. The number of piperazine rings is 1. The lowest BCUT2D eigenvalue weighted by Gasteiger charge is -2.46. The fourth-order valence-electron chi connectivity index (χ4n) is 7.81. The third kappa shape index (κ3) is 7.61. The maximum absolute atomic E-state index is 14.5. The monoisotopic (exact) mass is 759 g/mol. The van der Waals surface area contributed by atoms with E-state index in [4.69, 9.17) is 0 Å². The number of benzene rings is 6. The molecule has 0 radical (unpaired) electrons. The number of carbonyl (C=O) groups is 4. The molecule has 2 heterocycles. The van der Waals surface area contributed by atoms with Crippen LogP contribution in [0, 0.1) is 17.1 Å². The lowest BCUT2D eigenvalue weighted by atomic mass is 9.98. The maximum atomic E-state index is 14.5. The first kappa shape index (κ1) is 36.9. The molecule has 2 saturated heterocycles. The van der Waals surface area contributed by atoms with E-state index in [0.717, 1.165) is 32.7 Å². The summed E-state index contributed by atoms with van der Waals surface area (Å²) in [4.78, 5) is 58.7. The van der Waals surface area contributed by atoms with E-state index in [1.54, 1.807) is 40.2 Å². The molecule has 11 nitrogen and oxygen atoms in total. The van der Waals surface area contributed by atoms with Crippen molar-refractivity contribution in [2.45, 2.75) is 31.7 Å². The summed E-state index contributed by atoms with van der Waals surface area (Å²) in [6.45, 7) is -0.139. The highest BCUT2D eigenvalue weighted by Gasteiger charge is 2.52. The summed E-state index contributed by atoms with van der Waals surface area (Å²) in [5.74, 6) is -1.24. The van der Waals surface area contributed by atoms with Gasteiger partial charge in [0.25, 0.3) is 5.91 Å². The van der Waals surface area contributed by atoms with Gasteiger partial charge in [-0.05, 0) is 68.6 Å². The van der Waals surface area contributed by atoms with Gasteiger partial charge in [-0.25, -0.2) is 14.2 Å². The second kappa shape index (κ2) is 15.9. The van der Waals surface area contributed by atoms with Gasteiger partial charge in [-0.3, -0.25) is 14.4 Å². The molecule has 284 valence electrons. The fraction of sp³-hybridized carbons (Fsp3) is 0.178. The van der Waals surface area contributed by atoms with Gasteiger partial charge in [-0.2, -0.15) is 10.3 Å². The first-order chi connectivity index (χ1) is 27.8. The van der Waals surface area contributed by atoms with Gasteiger partial charge in [0.15, 0.2) is 0 Å². The number of urea groups is 1. The van der Waals surface area contributed by atoms with E-state index in [-0.39, 0.29) is 56.9 Å². The van der Waals surface area contributed by atoms with Crippen LogP contribution in [0.1, 0.15) is 27.0 Å². The number of nitriles is 1. The molecule has 12 heteroatoms. The van der Waals surface area contributed by atoms with E-state index >= 15 is 0 Å². The van der Waals surface area contributed by atoms with Gasteiger partial charge in [-0.15, -0.1) is 0 Å². The smallest absolute Gasteiger partial charge is 0.333 e. The molecule has 57 heavy (non-hydrogen) atoms. The summed E-state index contributed by atoms with van der Waals surface area (Å²) in [5, 5.41) is 22.2. The summed E-state index contributed by atoms with van der Waals surface area (Å²) < 4.78 is 13.5. The largest absolute Gasteiger partial charge is 0.333 e. The van der Waals surface area contributed by atoms with Crippen LogP contribution >= 0.6 is 0 Å². The molecule has 1 unspecified atom stereocenters. The van der Waals surface area contributed by atoms with E-state index in [9.17, 15) is 28.8 Å². The average molecular weight is 760 g/mol. The summed E-state index contributed by atoms with van der Waals surface area (Å²) in [6, 6.07) is 40.6. The molecule has 5 amide bonds. The minimum Gasteiger partial charge on any atom is -0.333 e. The third-order valence-electron chi connectivity index (χ3n) is 10.6. The molecule has 0 bridgehead atoms. The van der Waals surface area contributed by atoms with Gasteiger partial charge in [-0.1, -0.05) is 103 Å². The second-order valence-corrected chi connectivity index (χ2v) is 14.1. The van der Waals surface area contributed by atoms with Gasteiger partial charge in [0.05, 0.1) is 19.2 Å². The second-order valence-electron chi connectivity index (χ2n) is 14.1. The van der Waals surface area contributed by atoms with Gasteiger partial charge >= 0.3 is 6.03 Å². The van der Waals surface area contributed by atoms with E-state index in [1.807, 2.05) is 97.1 Å². The Morgan fingerprint density at radius 3 is 2.18 bits per heavy atom. The van der Waals surface area contributed by atoms with Gasteiger partial charge in [0.1, 0.15) is 24.6 Å². The van der Waals surface area contributed by atoms with Gasteiger partial charge in [0, 0.05) is 30.8 Å². The number of carbonyl (C=O) groups excluding carboxylic acids is 4. The number of nitrogens with zero attached hydrogens (tertiary/aromatic N) is 5. The van der Waals surface area contributed by atoms with Crippen molar-refractivity contribution in [3.05, 3.63) is 162 Å². The molecule has 2 aliphatic heterocycles. The maximum Gasteiger partial charge on any atom is 0.333 e. The molecule has 2 aliphatic rings. The Kier molecular flexibility index (Phi) is 10.3. The number of hydrazine groups is 1. The van der Waals surface area contributed by atoms with Crippen LogP contribution in [0.2, 0.25) is 0 Å². The molecule has 0 aromatic heterocycles. The molecule has 0 saturated carbocycles. The molecule has 6 aromatic carbocycles. The normalized spacial score (nSPS) is 16.7. The average Bonchev–Trinajstić information content (AvgIpc) is 3.56. The van der Waals surface area contributed by atoms with Crippen LogP contribution in [0.15, 0.2) is 133 Å². The summed E-state index contributed by atoms with van der Waals surface area (Å²) in [7, 11) is 0. The lowest BCUT2D eigenvalue weighted by molar-refractivity contribution is -0.157. The van der Waals surface area contributed by atoms with E-state index in [2.05, 4.69) is 10.6 Å². The summed E-state index contributed by atoms with van der Waals surface area (Å²) >= 11 is 0. The van der Waals surface area contributed by atoms with Crippen LogP contribution < -0.4 is 10.6 Å². The van der Waals surface area contributed by atoms with Crippen molar-refractivity contribution in [2.24, 2.45) is 0 Å². The molecule has 8 rings (SSSR count). The van der Waals surface area contributed by atoms with Crippen molar-refractivity contribution < 1.29 is 23.6 Å². The number of amides is 5. The highest BCUT2D eigenvalue weighted by atomic mass is 19.1. The van der Waals surface area contributed by atoms with E-state index < -0.39 is 24.1 Å². The van der Waals surface area contributed by atoms with E-state index in [0.29, 0.717) is 16.8 Å². The Bertz CT molecular complexity index is 2530. The topological polar surface area (TPSA) is 129 Å². The number of halogens is 1. The van der Waals surface area contributed by atoms with Crippen molar-refractivity contribution in [3.8, 4) is 6.07 Å². The Morgan fingerprint density at radius 1 is 0.789 bits per heavy atom. The van der Waals surface area contributed by atoms with Crippen LogP contribution in [0.25, 0.3) is 21.5 Å². The summed E-state index contributed by atoms with van der Waals surface area (Å²) in [5.41, 5.74) is 3.48. The molecule has 2 atom stereocenters. The van der Waals surface area contributed by atoms with Gasteiger partial charge in [0.2, 0.25) is 11.8 Å². The van der Waals surface area contributed by atoms with Crippen LogP contribution in [0.4, 0.5) is 14.9 Å². The Labute approximate surface area is 328 Å². The zero-order valence-electron chi connectivity index (χ0n) is 30.8. The highest BCUT2D eigenvalue weighted by Crippen LogP contribution is 2.32. The standard InChI is InChI=1S/C45H38FN7O4/c46-35-19-15-31(16-20-35)26-48-45(57)51(24-23-47)52-29-42(54)53-40(44(56)50(28-41(52)53)27-34-11-5-9-32-7-1-3-12-37(32)34)25-30-17-21-36(22-18-30)49-43(55)39-14-6-10-33-8-2-4-13-38(33)39/h1-22,40-41H,24-29H2,(H,48,57)(H,49,55)/t40?,41-/m1/s1. The predicted molar refractivity (Wildman–Crippen MR) is 213 cm³/mol. The van der Waals surface area contributed by atoms with Crippen LogP contribution in [-0.4, -0.2) is 75.4 Å². The van der Waals surface area contributed by atoms with Crippen LogP contribution in [0.3, 0.4) is 0 Å². The fourth-order valence-corrected chi connectivity index (χ4v) is 7.81. The lowest BCUT2D eigenvalue weighted by Crippen LogP contribution is -2.66. The Balaban J connectivity index is 1.06. The molecule has 2 N–H and O–H groups in total. The zero-order valence-corrected chi connectivity index (χ0v) is 30.8. The zero-order chi connectivity index (χ0) is 39.5. The van der Waals surface area contributed by atoms with Crippen molar-refractivity contribution in [1.82, 2.24) is 25.1 Å². The van der Waals surface area contributed by atoms with Crippen LogP contribution in [0.5, 0.6) is 0 Å². The Morgan fingerprint density at radius 2 is 1.44 bits per heavy atom. The molecule has 2 fully saturated rings. The van der Waals surface area contributed by atoms with Gasteiger partial charge < -0.3 is 20.4 Å². The number of nitrogens with one attached hydrogen (secondary N) is 2. The van der Waals surface area contributed by atoms with Crippen molar-refractivity contribution in [1.29, 1.82) is 5.26 Å². The minimum absolute atomic E-state index is 0.0733. The number of hydrogen-bond donors (Lipinski definition) is 2. The summed E-state index contributed by atoms with van der Waals surface area (Å²) in [6.07, 6.45) is -0.576. The van der Waals surface area contributed by atoms with Crippen molar-refractivity contribution >= 4 is 51.0 Å². The molecule has 0 spiro atoms. The highest BCUT2D eigenvalue weighted by molar-refractivity contribution is 6.13. The molecule has 0 aliphatic carbocycles. The molecular weight excluding hydrogens is 722 g/mol. The predicted octanol–water partition coefficient (Wildman–Crippen LogP) is 6.46. The van der Waals surface area contributed by atoms with Crippen molar-refractivity contribution in [3.63, 3.8) is 0 Å². The third-order valence-corrected chi connectivity index (χ3v) is 10.6. The number of hydrogen-bond acceptors (Lipinski definition) is 6. The quantitative estimate of drug-likeness (QED) is 0.154. The van der Waals surface area contributed by atoms with Crippen LogP contribution in [-0.2, 0) is 29.1 Å². The number of rotatable bonds is 10. The Hall–Kier alpha value is -7.10. The first-order valence-corrected chi connectivity index (χ1v) is 18.7. The molecular formula is C45H38FN7O4. The molecule has 6 aromatic rings. The SMILES string of the molecule is N#CCN(C(=O)NCc1ccc(F)cc1)N1CC(=O)N2C(Cc3ccc(NC(=O)c4cccc5ccccc45)cc3)C(=O)N(Cc3cccc4ccccc34)C[C@@H]21. The first-order valence-electron chi connectivity index (χ1n) is 18.7. The minimum atomic E-state index is -0.918. The van der Waals surface area contributed by atoms with Crippen molar-refractivity contribution in [2.75, 3.05) is 25.0 Å².